The van der Waals surface area contributed by atoms with Gasteiger partial charge in [-0.15, -0.1) is 5.48 Å². The number of unbranched alkanes of at least 4 members (excludes halogenated alkanes) is 4. The van der Waals surface area contributed by atoms with E-state index in [9.17, 15) is 14.5 Å². The third kappa shape index (κ3) is 6.81. The SMILES string of the molecule is CCCCCCCN(C)C(=O)ONCc1ccn([C@H]2C[P@@](O)[C@@H](C)O2)c(=O)n1. The molecule has 9 nitrogen and oxygen atoms in total. The molecule has 0 spiro atoms. The van der Waals surface area contributed by atoms with Gasteiger partial charge in [0.25, 0.3) is 0 Å². The van der Waals surface area contributed by atoms with Crippen LogP contribution in [0.5, 0.6) is 0 Å². The van der Waals surface area contributed by atoms with Crippen LogP contribution in [0.15, 0.2) is 17.1 Å². The molecule has 158 valence electrons. The fourth-order valence-electron chi connectivity index (χ4n) is 2.86. The molecule has 2 rings (SSSR count). The van der Waals surface area contributed by atoms with Crippen LogP contribution in [0.1, 0.15) is 57.9 Å². The highest BCUT2D eigenvalue weighted by Crippen LogP contribution is 2.47. The molecule has 1 saturated heterocycles. The minimum absolute atomic E-state index is 0.126. The molecule has 28 heavy (non-hydrogen) atoms. The maximum absolute atomic E-state index is 12.2. The van der Waals surface area contributed by atoms with E-state index in [1.165, 1.54) is 28.7 Å². The zero-order chi connectivity index (χ0) is 20.5. The Hall–Kier alpha value is -1.54. The smallest absolute Gasteiger partial charge is 0.371 e. The molecule has 1 aromatic rings. The van der Waals surface area contributed by atoms with Crippen molar-refractivity contribution in [2.24, 2.45) is 0 Å². The van der Waals surface area contributed by atoms with Crippen molar-refractivity contribution in [1.82, 2.24) is 19.9 Å². The summed E-state index contributed by atoms with van der Waals surface area (Å²) in [5, 5.41) is 0. The van der Waals surface area contributed by atoms with Crippen LogP contribution >= 0.6 is 8.15 Å². The zero-order valence-corrected chi connectivity index (χ0v) is 17.7. The average molecular weight is 414 g/mol. The lowest BCUT2D eigenvalue weighted by molar-refractivity contribution is 0.0219. The molecule has 0 saturated carbocycles. The summed E-state index contributed by atoms with van der Waals surface area (Å²) in [6.45, 7) is 4.73. The third-order valence-electron chi connectivity index (χ3n) is 4.64. The topological polar surface area (TPSA) is 106 Å². The van der Waals surface area contributed by atoms with Crippen LogP contribution in [0, 0.1) is 0 Å². The van der Waals surface area contributed by atoms with Crippen molar-refractivity contribution in [2.45, 2.75) is 64.6 Å². The number of hydrogen-bond acceptors (Lipinski definition) is 7. The second-order valence-electron chi connectivity index (χ2n) is 6.95. The molecule has 10 heteroatoms. The van der Waals surface area contributed by atoms with E-state index < -0.39 is 26.2 Å². The molecular formula is C18H31N4O5P. The van der Waals surface area contributed by atoms with E-state index in [0.717, 1.165) is 12.8 Å². The first-order chi connectivity index (χ1) is 13.4. The summed E-state index contributed by atoms with van der Waals surface area (Å²) < 4.78 is 6.96. The number of carbonyl (C=O) groups is 1. The number of carbonyl (C=O) groups excluding carboxylic acids is 1. The first-order valence-corrected chi connectivity index (χ1v) is 11.3. The molecule has 0 aromatic carbocycles. The van der Waals surface area contributed by atoms with Gasteiger partial charge >= 0.3 is 11.8 Å². The van der Waals surface area contributed by atoms with Crippen LogP contribution in [0.25, 0.3) is 0 Å². The van der Waals surface area contributed by atoms with Gasteiger partial charge in [0.15, 0.2) is 0 Å². The number of ether oxygens (including phenoxy) is 1. The molecule has 1 amide bonds. The summed E-state index contributed by atoms with van der Waals surface area (Å²) in [6.07, 6.45) is 6.68. The summed E-state index contributed by atoms with van der Waals surface area (Å²) >= 11 is 0. The highest BCUT2D eigenvalue weighted by atomic mass is 31.1. The molecule has 0 bridgehead atoms. The van der Waals surface area contributed by atoms with Gasteiger partial charge < -0.3 is 19.4 Å². The summed E-state index contributed by atoms with van der Waals surface area (Å²) in [7, 11) is 0.472. The maximum Gasteiger partial charge on any atom is 0.428 e. The van der Waals surface area contributed by atoms with Gasteiger partial charge in [-0.05, 0) is 19.4 Å². The Labute approximate surface area is 166 Å². The molecule has 0 unspecified atom stereocenters. The number of rotatable bonds is 10. The van der Waals surface area contributed by atoms with Gasteiger partial charge in [-0.2, -0.15) is 4.98 Å². The molecule has 1 aliphatic rings. The number of nitrogens with one attached hydrogen (secondary N) is 1. The molecule has 1 aliphatic heterocycles. The number of nitrogens with zero attached hydrogens (tertiary/aromatic N) is 3. The number of aromatic nitrogens is 2. The Kier molecular flexibility index (Phi) is 9.31. The zero-order valence-electron chi connectivity index (χ0n) is 16.8. The monoisotopic (exact) mass is 414 g/mol. The van der Waals surface area contributed by atoms with E-state index in [-0.39, 0.29) is 12.4 Å². The van der Waals surface area contributed by atoms with Crippen LogP contribution < -0.4 is 11.2 Å². The fourth-order valence-corrected chi connectivity index (χ4v) is 4.02. The number of amides is 1. The standard InChI is InChI=1S/C18H31N4O5P/c1-4-5-6-7-8-10-21(3)18(24)27-19-12-15-9-11-22(17(23)20-15)16-13-28(25)14(2)26-16/h9,11,14,16,19,25H,4-8,10,12-13H2,1-3H3/t14-,16+,28+/m0/s1. The van der Waals surface area contributed by atoms with Gasteiger partial charge in [0.2, 0.25) is 0 Å². The summed E-state index contributed by atoms with van der Waals surface area (Å²) in [4.78, 5) is 44.5. The molecule has 0 radical (unpaired) electrons. The lowest BCUT2D eigenvalue weighted by Gasteiger charge is -2.17. The Balaban J connectivity index is 1.73. The quantitative estimate of drug-likeness (QED) is 0.344. The van der Waals surface area contributed by atoms with Crippen molar-refractivity contribution in [3.63, 3.8) is 0 Å². The lowest BCUT2D eigenvalue weighted by Crippen LogP contribution is -2.34. The number of hydrogen-bond donors (Lipinski definition) is 2. The summed E-state index contributed by atoms with van der Waals surface area (Å²) in [5.74, 6) is -0.253. The first kappa shape index (κ1) is 22.7. The summed E-state index contributed by atoms with van der Waals surface area (Å²) in [5.41, 5.74) is 2.55. The second-order valence-corrected chi connectivity index (χ2v) is 8.92. The molecule has 0 aliphatic carbocycles. The largest absolute Gasteiger partial charge is 0.428 e. The Bertz CT molecular complexity index is 676. The van der Waals surface area contributed by atoms with Gasteiger partial charge in [-0.1, -0.05) is 32.6 Å². The Morgan fingerprint density at radius 3 is 2.86 bits per heavy atom. The van der Waals surface area contributed by atoms with Crippen molar-refractivity contribution >= 4 is 14.2 Å². The lowest BCUT2D eigenvalue weighted by atomic mass is 10.1. The summed E-state index contributed by atoms with van der Waals surface area (Å²) in [6, 6.07) is 1.66. The predicted octanol–water partition coefficient (Wildman–Crippen LogP) is 2.55. The van der Waals surface area contributed by atoms with Crippen LogP contribution in [-0.4, -0.2) is 51.0 Å². The molecule has 2 N–H and O–H groups in total. The van der Waals surface area contributed by atoms with Crippen molar-refractivity contribution in [3.8, 4) is 0 Å². The van der Waals surface area contributed by atoms with Crippen molar-refractivity contribution < 1.29 is 19.3 Å². The van der Waals surface area contributed by atoms with Gasteiger partial charge in [-0.25, -0.2) is 9.59 Å². The van der Waals surface area contributed by atoms with E-state index in [4.69, 9.17) is 9.57 Å². The van der Waals surface area contributed by atoms with E-state index in [1.807, 2.05) is 0 Å². The minimum atomic E-state index is -1.22. The minimum Gasteiger partial charge on any atom is -0.371 e. The van der Waals surface area contributed by atoms with Crippen molar-refractivity contribution in [1.29, 1.82) is 0 Å². The molecule has 3 atom stereocenters. The maximum atomic E-state index is 12.2. The highest BCUT2D eigenvalue weighted by molar-refractivity contribution is 7.52. The Morgan fingerprint density at radius 1 is 1.46 bits per heavy atom. The van der Waals surface area contributed by atoms with Gasteiger partial charge in [0.1, 0.15) is 12.1 Å². The van der Waals surface area contributed by atoms with E-state index >= 15 is 0 Å². The van der Waals surface area contributed by atoms with Crippen LogP contribution in [0.2, 0.25) is 0 Å². The van der Waals surface area contributed by atoms with E-state index in [2.05, 4.69) is 17.4 Å². The third-order valence-corrected chi connectivity index (χ3v) is 6.28. The average Bonchev–Trinajstić information content (AvgIpc) is 2.99. The van der Waals surface area contributed by atoms with E-state index in [0.29, 0.717) is 18.4 Å². The Morgan fingerprint density at radius 2 is 2.21 bits per heavy atom. The van der Waals surface area contributed by atoms with Crippen LogP contribution in [0.3, 0.4) is 0 Å². The second kappa shape index (κ2) is 11.5. The molecule has 2 heterocycles. The van der Waals surface area contributed by atoms with Gasteiger partial charge in [-0.3, -0.25) is 4.57 Å². The fraction of sp³-hybridized carbons (Fsp3) is 0.722. The van der Waals surface area contributed by atoms with Crippen molar-refractivity contribution in [3.05, 3.63) is 28.4 Å². The highest BCUT2D eigenvalue weighted by Gasteiger charge is 2.32. The van der Waals surface area contributed by atoms with E-state index in [1.54, 1.807) is 26.2 Å². The van der Waals surface area contributed by atoms with Gasteiger partial charge in [0.05, 0.1) is 20.4 Å². The number of hydroxylamine groups is 1. The first-order valence-electron chi connectivity index (χ1n) is 9.76. The van der Waals surface area contributed by atoms with Crippen LogP contribution in [0.4, 0.5) is 4.79 Å². The molecule has 1 aromatic heterocycles. The molecular weight excluding hydrogens is 383 g/mol. The predicted molar refractivity (Wildman–Crippen MR) is 107 cm³/mol. The normalized spacial score (nSPS) is 21.6. The van der Waals surface area contributed by atoms with Gasteiger partial charge in [0, 0.05) is 26.0 Å². The van der Waals surface area contributed by atoms with Crippen LogP contribution in [-0.2, 0) is 16.1 Å². The van der Waals surface area contributed by atoms with Crippen molar-refractivity contribution in [2.75, 3.05) is 19.8 Å². The molecule has 1 fully saturated rings.